The molecule has 0 bridgehead atoms. The summed E-state index contributed by atoms with van der Waals surface area (Å²) in [7, 11) is 0. The molecule has 1 rings (SSSR count). The highest BCUT2D eigenvalue weighted by atomic mass is 79.9. The van der Waals surface area contributed by atoms with Gasteiger partial charge in [0.1, 0.15) is 11.6 Å². The molecule has 0 spiro atoms. The first-order valence-electron chi connectivity index (χ1n) is 5.82. The average Bonchev–Trinajstić information content (AvgIpc) is 2.28. The van der Waals surface area contributed by atoms with Gasteiger partial charge in [0, 0.05) is 0 Å². The largest absolute Gasteiger partial charge is 0.494 e. The molecule has 1 nitrogen and oxygen atoms in total. The predicted octanol–water partition coefficient (Wildman–Crippen LogP) is 4.94. The molecule has 0 fully saturated rings. The zero-order chi connectivity index (χ0) is 11.8. The van der Waals surface area contributed by atoms with E-state index in [0.29, 0.717) is 11.1 Å². The van der Waals surface area contributed by atoms with Crippen molar-refractivity contribution < 1.29 is 9.13 Å². The van der Waals surface area contributed by atoms with Crippen LogP contribution < -0.4 is 4.74 Å². The van der Waals surface area contributed by atoms with Crippen molar-refractivity contribution in [3.05, 3.63) is 28.5 Å². The van der Waals surface area contributed by atoms with E-state index in [0.717, 1.165) is 12.2 Å². The first-order chi connectivity index (χ1) is 7.74. The maximum Gasteiger partial charge on any atom is 0.137 e. The number of hydrogen-bond donors (Lipinski definition) is 0. The van der Waals surface area contributed by atoms with E-state index in [9.17, 15) is 4.39 Å². The molecule has 3 heteroatoms. The van der Waals surface area contributed by atoms with Gasteiger partial charge in [-0.1, -0.05) is 32.6 Å². The Kier molecular flexibility index (Phi) is 6.46. The molecule has 0 aliphatic heterocycles. The van der Waals surface area contributed by atoms with Gasteiger partial charge in [0.25, 0.3) is 0 Å². The Balaban J connectivity index is 2.19. The lowest BCUT2D eigenvalue weighted by molar-refractivity contribution is 0.304. The summed E-state index contributed by atoms with van der Waals surface area (Å²) in [6.07, 6.45) is 6.09. The number of hydrogen-bond acceptors (Lipinski definition) is 1. The SMILES string of the molecule is CCCCCCCOc1ccc(F)c(Br)c1. The van der Waals surface area contributed by atoms with Gasteiger partial charge in [-0.25, -0.2) is 4.39 Å². The van der Waals surface area contributed by atoms with E-state index in [1.807, 2.05) is 0 Å². The van der Waals surface area contributed by atoms with Crippen molar-refractivity contribution in [2.45, 2.75) is 39.0 Å². The third-order valence-electron chi connectivity index (χ3n) is 2.41. The summed E-state index contributed by atoms with van der Waals surface area (Å²) in [5, 5.41) is 0. The molecular weight excluding hydrogens is 271 g/mol. The standard InChI is InChI=1S/C13H18BrFO/c1-2-3-4-5-6-9-16-11-7-8-13(15)12(14)10-11/h7-8,10H,2-6,9H2,1H3. The molecule has 1 aromatic carbocycles. The van der Waals surface area contributed by atoms with Crippen molar-refractivity contribution in [1.82, 2.24) is 0 Å². The topological polar surface area (TPSA) is 9.23 Å². The van der Waals surface area contributed by atoms with Crippen LogP contribution in [0.15, 0.2) is 22.7 Å². The van der Waals surface area contributed by atoms with Crippen molar-refractivity contribution in [2.75, 3.05) is 6.61 Å². The number of unbranched alkanes of at least 4 members (excludes halogenated alkanes) is 4. The Morgan fingerprint density at radius 1 is 1.19 bits per heavy atom. The third-order valence-corrected chi connectivity index (χ3v) is 3.02. The van der Waals surface area contributed by atoms with Crippen LogP contribution in [-0.4, -0.2) is 6.61 Å². The Bertz CT molecular complexity index is 315. The smallest absolute Gasteiger partial charge is 0.137 e. The van der Waals surface area contributed by atoms with E-state index in [2.05, 4.69) is 22.9 Å². The number of halogens is 2. The van der Waals surface area contributed by atoms with E-state index in [1.165, 1.54) is 31.7 Å². The summed E-state index contributed by atoms with van der Waals surface area (Å²) in [5.74, 6) is 0.471. The van der Waals surface area contributed by atoms with Crippen molar-refractivity contribution in [2.24, 2.45) is 0 Å². The minimum Gasteiger partial charge on any atom is -0.494 e. The number of benzene rings is 1. The fraction of sp³-hybridized carbons (Fsp3) is 0.538. The molecule has 0 saturated carbocycles. The fourth-order valence-electron chi connectivity index (χ4n) is 1.46. The first kappa shape index (κ1) is 13.5. The van der Waals surface area contributed by atoms with Gasteiger partial charge >= 0.3 is 0 Å². The molecule has 0 aromatic heterocycles. The van der Waals surface area contributed by atoms with Gasteiger partial charge < -0.3 is 4.74 Å². The van der Waals surface area contributed by atoms with Crippen LogP contribution >= 0.6 is 15.9 Å². The minimum absolute atomic E-state index is 0.254. The molecule has 0 amide bonds. The Hall–Kier alpha value is -0.570. The minimum atomic E-state index is -0.254. The molecule has 90 valence electrons. The van der Waals surface area contributed by atoms with Gasteiger partial charge in [-0.15, -0.1) is 0 Å². The molecule has 0 atom stereocenters. The summed E-state index contributed by atoms with van der Waals surface area (Å²) < 4.78 is 18.9. The second-order valence-electron chi connectivity index (χ2n) is 3.84. The van der Waals surface area contributed by atoms with Gasteiger partial charge in [-0.2, -0.15) is 0 Å². The van der Waals surface area contributed by atoms with Crippen LogP contribution in [0.25, 0.3) is 0 Å². The normalized spacial score (nSPS) is 10.4. The van der Waals surface area contributed by atoms with Crippen molar-refractivity contribution in [3.63, 3.8) is 0 Å². The van der Waals surface area contributed by atoms with Crippen LogP contribution in [0.3, 0.4) is 0 Å². The van der Waals surface area contributed by atoms with Crippen molar-refractivity contribution >= 4 is 15.9 Å². The number of rotatable bonds is 7. The molecule has 0 N–H and O–H groups in total. The molecule has 0 saturated heterocycles. The number of ether oxygens (including phenoxy) is 1. The van der Waals surface area contributed by atoms with Gasteiger partial charge in [-0.3, -0.25) is 0 Å². The predicted molar refractivity (Wildman–Crippen MR) is 68.4 cm³/mol. The average molecular weight is 289 g/mol. The molecule has 0 aliphatic carbocycles. The zero-order valence-electron chi connectivity index (χ0n) is 9.64. The molecule has 16 heavy (non-hydrogen) atoms. The van der Waals surface area contributed by atoms with Crippen LogP contribution in [0.4, 0.5) is 4.39 Å². The van der Waals surface area contributed by atoms with Crippen LogP contribution in [0.1, 0.15) is 39.0 Å². The lowest BCUT2D eigenvalue weighted by Crippen LogP contribution is -1.97. The van der Waals surface area contributed by atoms with Crippen molar-refractivity contribution in [3.8, 4) is 5.75 Å². The molecule has 0 aliphatic rings. The molecule has 0 unspecified atom stereocenters. The highest BCUT2D eigenvalue weighted by Crippen LogP contribution is 2.21. The second-order valence-corrected chi connectivity index (χ2v) is 4.69. The maximum absolute atomic E-state index is 12.9. The summed E-state index contributed by atoms with van der Waals surface area (Å²) in [6.45, 7) is 2.91. The highest BCUT2D eigenvalue weighted by Gasteiger charge is 2.00. The summed E-state index contributed by atoms with van der Waals surface area (Å²) in [4.78, 5) is 0. The van der Waals surface area contributed by atoms with Gasteiger partial charge in [0.05, 0.1) is 11.1 Å². The zero-order valence-corrected chi connectivity index (χ0v) is 11.2. The molecule has 0 radical (unpaired) electrons. The van der Waals surface area contributed by atoms with Crippen LogP contribution in [0, 0.1) is 5.82 Å². The third kappa shape index (κ3) is 4.97. The molecule has 1 aromatic rings. The van der Waals surface area contributed by atoms with E-state index in [1.54, 1.807) is 12.1 Å². The fourth-order valence-corrected chi connectivity index (χ4v) is 1.82. The summed E-state index contributed by atoms with van der Waals surface area (Å²) in [6, 6.07) is 4.74. The Labute approximate surface area is 105 Å². The molecular formula is C13H18BrFO. The first-order valence-corrected chi connectivity index (χ1v) is 6.61. The van der Waals surface area contributed by atoms with Gasteiger partial charge in [0.2, 0.25) is 0 Å². The van der Waals surface area contributed by atoms with E-state index in [-0.39, 0.29) is 5.82 Å². The summed E-state index contributed by atoms with van der Waals surface area (Å²) in [5.41, 5.74) is 0. The van der Waals surface area contributed by atoms with Gasteiger partial charge in [0.15, 0.2) is 0 Å². The maximum atomic E-state index is 12.9. The quantitative estimate of drug-likeness (QED) is 0.646. The Morgan fingerprint density at radius 3 is 2.62 bits per heavy atom. The van der Waals surface area contributed by atoms with Crippen LogP contribution in [-0.2, 0) is 0 Å². The Morgan fingerprint density at radius 2 is 1.94 bits per heavy atom. The highest BCUT2D eigenvalue weighted by molar-refractivity contribution is 9.10. The van der Waals surface area contributed by atoms with Gasteiger partial charge in [-0.05, 0) is 40.5 Å². The lowest BCUT2D eigenvalue weighted by Gasteiger charge is -2.06. The second kappa shape index (κ2) is 7.66. The van der Waals surface area contributed by atoms with E-state index < -0.39 is 0 Å². The van der Waals surface area contributed by atoms with E-state index >= 15 is 0 Å². The van der Waals surface area contributed by atoms with Crippen molar-refractivity contribution in [1.29, 1.82) is 0 Å². The summed E-state index contributed by atoms with van der Waals surface area (Å²) >= 11 is 3.13. The van der Waals surface area contributed by atoms with Crippen LogP contribution in [0.2, 0.25) is 0 Å². The molecule has 0 heterocycles. The lowest BCUT2D eigenvalue weighted by atomic mass is 10.2. The van der Waals surface area contributed by atoms with Crippen LogP contribution in [0.5, 0.6) is 5.75 Å². The monoisotopic (exact) mass is 288 g/mol. The van der Waals surface area contributed by atoms with E-state index in [4.69, 9.17) is 4.74 Å².